The van der Waals surface area contributed by atoms with Crippen LogP contribution in [0.4, 0.5) is 0 Å². The summed E-state index contributed by atoms with van der Waals surface area (Å²) in [5.74, 6) is -0.251. The van der Waals surface area contributed by atoms with Gasteiger partial charge in [-0.3, -0.25) is 9.59 Å². The summed E-state index contributed by atoms with van der Waals surface area (Å²) in [4.78, 5) is 23.9. The van der Waals surface area contributed by atoms with Crippen LogP contribution in [0.2, 0.25) is 0 Å². The van der Waals surface area contributed by atoms with Crippen LogP contribution in [-0.4, -0.2) is 24.4 Å². The van der Waals surface area contributed by atoms with Gasteiger partial charge >= 0.3 is 0 Å². The van der Waals surface area contributed by atoms with E-state index in [0.29, 0.717) is 19.0 Å². The molecular formula is C12H17N3O2S. The zero-order valence-corrected chi connectivity index (χ0v) is 10.8. The minimum absolute atomic E-state index is 0.0116. The van der Waals surface area contributed by atoms with Crippen molar-refractivity contribution in [3.8, 4) is 0 Å². The lowest BCUT2D eigenvalue weighted by atomic mass is 10.2. The highest BCUT2D eigenvalue weighted by molar-refractivity contribution is 7.10. The van der Waals surface area contributed by atoms with Crippen molar-refractivity contribution >= 4 is 23.2 Å². The number of amides is 2. The van der Waals surface area contributed by atoms with Crippen LogP contribution in [-0.2, 0) is 9.59 Å². The molecule has 1 unspecified atom stereocenters. The molecule has 0 bridgehead atoms. The van der Waals surface area contributed by atoms with Crippen LogP contribution in [0.1, 0.15) is 30.2 Å². The van der Waals surface area contributed by atoms with Gasteiger partial charge in [0.25, 0.3) is 0 Å². The van der Waals surface area contributed by atoms with E-state index in [9.17, 15) is 9.59 Å². The number of carbonyl (C=O) groups is 2. The number of hydrogen-bond acceptors (Lipinski definition) is 4. The molecule has 1 fully saturated rings. The summed E-state index contributed by atoms with van der Waals surface area (Å²) < 4.78 is 0. The third kappa shape index (κ3) is 3.82. The van der Waals surface area contributed by atoms with Crippen LogP contribution in [0, 0.1) is 0 Å². The Morgan fingerprint density at radius 1 is 1.50 bits per heavy atom. The summed E-state index contributed by atoms with van der Waals surface area (Å²) >= 11 is 1.45. The highest BCUT2D eigenvalue weighted by Crippen LogP contribution is 2.18. The van der Waals surface area contributed by atoms with Gasteiger partial charge < -0.3 is 16.4 Å². The van der Waals surface area contributed by atoms with Gasteiger partial charge in [0.05, 0.1) is 0 Å². The lowest BCUT2D eigenvalue weighted by molar-refractivity contribution is -0.123. The Hall–Kier alpha value is -1.40. The van der Waals surface area contributed by atoms with Crippen LogP contribution in [0.15, 0.2) is 17.5 Å². The Kier molecular flexibility index (Phi) is 4.33. The van der Waals surface area contributed by atoms with E-state index in [-0.39, 0.29) is 11.8 Å². The predicted octanol–water partition coefficient (Wildman–Crippen LogP) is 0.533. The maximum Gasteiger partial charge on any atom is 0.242 e. The second-order valence-electron chi connectivity index (χ2n) is 4.38. The van der Waals surface area contributed by atoms with Crippen molar-refractivity contribution in [2.24, 2.45) is 5.73 Å². The average molecular weight is 267 g/mol. The minimum Gasteiger partial charge on any atom is -0.354 e. The van der Waals surface area contributed by atoms with Crippen LogP contribution in [0.3, 0.4) is 0 Å². The maximum atomic E-state index is 11.7. The number of nitrogens with two attached hydrogens (primary N) is 1. The topological polar surface area (TPSA) is 84.2 Å². The van der Waals surface area contributed by atoms with Crippen LogP contribution in [0.25, 0.3) is 0 Å². The minimum atomic E-state index is -0.642. The van der Waals surface area contributed by atoms with E-state index >= 15 is 0 Å². The second-order valence-corrected chi connectivity index (χ2v) is 5.36. The molecule has 0 spiro atoms. The maximum absolute atomic E-state index is 11.7. The highest BCUT2D eigenvalue weighted by Gasteiger charge is 2.23. The Bertz CT molecular complexity index is 415. The van der Waals surface area contributed by atoms with E-state index in [1.165, 1.54) is 11.3 Å². The molecular weight excluding hydrogens is 250 g/mol. The van der Waals surface area contributed by atoms with Crippen molar-refractivity contribution in [2.45, 2.75) is 31.3 Å². The van der Waals surface area contributed by atoms with E-state index in [1.54, 1.807) is 0 Å². The molecule has 1 atom stereocenters. The van der Waals surface area contributed by atoms with Gasteiger partial charge in [0.2, 0.25) is 11.8 Å². The molecule has 0 aromatic carbocycles. The highest BCUT2D eigenvalue weighted by atomic mass is 32.1. The van der Waals surface area contributed by atoms with E-state index in [4.69, 9.17) is 5.73 Å². The molecule has 6 heteroatoms. The molecule has 1 saturated carbocycles. The molecule has 98 valence electrons. The number of nitrogens with one attached hydrogen (secondary N) is 2. The van der Waals surface area contributed by atoms with E-state index < -0.39 is 6.04 Å². The summed E-state index contributed by atoms with van der Waals surface area (Å²) in [6, 6.07) is 3.41. The largest absolute Gasteiger partial charge is 0.354 e. The average Bonchev–Trinajstić information content (AvgIpc) is 2.98. The fourth-order valence-corrected chi connectivity index (χ4v) is 2.26. The molecule has 1 aromatic rings. The summed E-state index contributed by atoms with van der Waals surface area (Å²) in [5, 5.41) is 7.42. The van der Waals surface area contributed by atoms with E-state index in [2.05, 4.69) is 10.6 Å². The Morgan fingerprint density at radius 2 is 2.28 bits per heavy atom. The third-order valence-electron chi connectivity index (χ3n) is 2.73. The summed E-state index contributed by atoms with van der Waals surface area (Å²) in [6.45, 7) is 0.330. The molecule has 0 saturated heterocycles. The Morgan fingerprint density at radius 3 is 2.89 bits per heavy atom. The van der Waals surface area contributed by atoms with Crippen molar-refractivity contribution < 1.29 is 9.59 Å². The van der Waals surface area contributed by atoms with Gasteiger partial charge in [0.1, 0.15) is 6.04 Å². The standard InChI is InChI=1S/C12H17N3O2S/c13-11(9-2-1-7-18-9)12(17)14-6-5-10(16)15-8-3-4-8/h1-2,7-8,11H,3-6,13H2,(H,14,17)(H,15,16). The molecule has 18 heavy (non-hydrogen) atoms. The van der Waals surface area contributed by atoms with Gasteiger partial charge in [0, 0.05) is 23.9 Å². The first-order valence-electron chi connectivity index (χ1n) is 6.03. The van der Waals surface area contributed by atoms with Crippen LogP contribution < -0.4 is 16.4 Å². The summed E-state index contributed by atoms with van der Waals surface area (Å²) in [5.41, 5.74) is 5.79. The normalized spacial score (nSPS) is 16.1. The van der Waals surface area contributed by atoms with Crippen LogP contribution in [0.5, 0.6) is 0 Å². The molecule has 2 amide bonds. The first-order valence-corrected chi connectivity index (χ1v) is 6.91. The molecule has 0 radical (unpaired) electrons. The fraction of sp³-hybridized carbons (Fsp3) is 0.500. The van der Waals surface area contributed by atoms with Crippen molar-refractivity contribution in [1.29, 1.82) is 0 Å². The summed E-state index contributed by atoms with van der Waals surface area (Å²) in [6.07, 6.45) is 2.45. The Balaban J connectivity index is 1.66. The third-order valence-corrected chi connectivity index (χ3v) is 3.68. The molecule has 2 rings (SSSR count). The first kappa shape index (κ1) is 13.0. The zero-order valence-electron chi connectivity index (χ0n) is 10.0. The molecule has 1 aliphatic carbocycles. The zero-order chi connectivity index (χ0) is 13.0. The smallest absolute Gasteiger partial charge is 0.242 e. The van der Waals surface area contributed by atoms with Gasteiger partial charge in [-0.05, 0) is 24.3 Å². The quantitative estimate of drug-likeness (QED) is 0.703. The van der Waals surface area contributed by atoms with Crippen molar-refractivity contribution in [3.63, 3.8) is 0 Å². The second kappa shape index (κ2) is 5.97. The molecule has 1 aromatic heterocycles. The molecule has 4 N–H and O–H groups in total. The SMILES string of the molecule is NC(C(=O)NCCC(=O)NC1CC1)c1cccs1. The molecule has 1 heterocycles. The Labute approximate surface area is 110 Å². The summed E-state index contributed by atoms with van der Waals surface area (Å²) in [7, 11) is 0. The van der Waals surface area contributed by atoms with Crippen molar-refractivity contribution in [2.75, 3.05) is 6.54 Å². The van der Waals surface area contributed by atoms with Gasteiger partial charge in [0.15, 0.2) is 0 Å². The molecule has 0 aliphatic heterocycles. The van der Waals surface area contributed by atoms with Crippen molar-refractivity contribution in [1.82, 2.24) is 10.6 Å². The number of thiophene rings is 1. The first-order chi connectivity index (χ1) is 8.66. The predicted molar refractivity (Wildman–Crippen MR) is 70.0 cm³/mol. The van der Waals surface area contributed by atoms with Crippen LogP contribution >= 0.6 is 11.3 Å². The molecule has 5 nitrogen and oxygen atoms in total. The lowest BCUT2D eigenvalue weighted by Gasteiger charge is -2.10. The number of rotatable bonds is 6. The van der Waals surface area contributed by atoms with Gasteiger partial charge in [-0.15, -0.1) is 11.3 Å². The van der Waals surface area contributed by atoms with E-state index in [1.807, 2.05) is 17.5 Å². The monoisotopic (exact) mass is 267 g/mol. The van der Waals surface area contributed by atoms with Gasteiger partial charge in [-0.1, -0.05) is 6.07 Å². The van der Waals surface area contributed by atoms with E-state index in [0.717, 1.165) is 17.7 Å². The van der Waals surface area contributed by atoms with Crippen molar-refractivity contribution in [3.05, 3.63) is 22.4 Å². The van der Waals surface area contributed by atoms with Gasteiger partial charge in [-0.2, -0.15) is 0 Å². The van der Waals surface area contributed by atoms with Gasteiger partial charge in [-0.25, -0.2) is 0 Å². The fourth-order valence-electron chi connectivity index (χ4n) is 1.53. The lowest BCUT2D eigenvalue weighted by Crippen LogP contribution is -2.36. The molecule has 1 aliphatic rings. The number of carbonyl (C=O) groups excluding carboxylic acids is 2. The number of hydrogen-bond donors (Lipinski definition) is 3.